The summed E-state index contributed by atoms with van der Waals surface area (Å²) in [5, 5.41) is 3.95. The fourth-order valence-corrected chi connectivity index (χ4v) is 0.131. The summed E-state index contributed by atoms with van der Waals surface area (Å²) in [5.41, 5.74) is 0. The van der Waals surface area contributed by atoms with Gasteiger partial charge in [0.15, 0.2) is 0 Å². The van der Waals surface area contributed by atoms with Crippen molar-refractivity contribution in [2.24, 2.45) is 0 Å². The second kappa shape index (κ2) is 5.31. The van der Waals surface area contributed by atoms with Crippen LogP contribution >= 0.6 is 9.47 Å². The number of hydrogen-bond donors (Lipinski definition) is 0. The molecule has 3 nitrogen and oxygen atoms in total. The molecule has 0 aromatic heterocycles. The van der Waals surface area contributed by atoms with Gasteiger partial charge in [-0.15, -0.1) is 0 Å². The normalized spacial score (nSPS) is 9.00. The van der Waals surface area contributed by atoms with Gasteiger partial charge in [-0.2, -0.15) is 4.67 Å². The topological polar surface area (TPSA) is 27.7 Å². The molecule has 0 aromatic carbocycles. The van der Waals surface area contributed by atoms with E-state index < -0.39 is 0 Å². The molecule has 0 saturated carbocycles. The van der Waals surface area contributed by atoms with Crippen LogP contribution in [0.2, 0.25) is 0 Å². The van der Waals surface area contributed by atoms with E-state index in [2.05, 4.69) is 14.6 Å². The van der Waals surface area contributed by atoms with E-state index in [9.17, 15) is 0 Å². The van der Waals surface area contributed by atoms with Crippen LogP contribution in [0.4, 0.5) is 0 Å². The summed E-state index contributed by atoms with van der Waals surface area (Å²) in [6, 6.07) is 0. The van der Waals surface area contributed by atoms with E-state index >= 15 is 0 Å². The minimum atomic E-state index is 0.494. The highest BCUT2D eigenvalue weighted by atomic mass is 31.0. The Morgan fingerprint density at radius 1 is 1.67 bits per heavy atom. The van der Waals surface area contributed by atoms with E-state index in [1.165, 1.54) is 0 Å². The molecule has 38 valence electrons. The third kappa shape index (κ3) is 4.31. The van der Waals surface area contributed by atoms with Gasteiger partial charge in [-0.1, -0.05) is 5.04 Å². The van der Waals surface area contributed by atoms with Crippen LogP contribution in [-0.2, 0) is 14.6 Å². The monoisotopic (exact) mass is 110 g/mol. The van der Waals surface area contributed by atoms with Gasteiger partial charge >= 0.3 is 0 Å². The standard InChI is InChI=1S/C2H7O3P/c1-2-3-4-5-6/h2,6H2,1H3. The van der Waals surface area contributed by atoms with Gasteiger partial charge in [0.25, 0.3) is 0 Å². The molecule has 0 rings (SSSR count). The predicted octanol–water partition coefficient (Wildman–Crippen LogP) is 0.676. The third-order valence-corrected chi connectivity index (χ3v) is 0.284. The maximum absolute atomic E-state index is 4.24. The van der Waals surface area contributed by atoms with Crippen molar-refractivity contribution >= 4 is 9.47 Å². The Balaban J connectivity index is 2.34. The molecule has 0 radical (unpaired) electrons. The lowest BCUT2D eigenvalue weighted by Crippen LogP contribution is -1.86. The summed E-state index contributed by atoms with van der Waals surface area (Å²) in [7, 11) is 1.88. The Hall–Kier alpha value is 0.310. The van der Waals surface area contributed by atoms with Gasteiger partial charge < -0.3 is 0 Å². The molecule has 1 unspecified atom stereocenters. The second-order valence-electron chi connectivity index (χ2n) is 0.571. The van der Waals surface area contributed by atoms with Crippen molar-refractivity contribution in [3.05, 3.63) is 0 Å². The molecular formula is C2H7O3P. The zero-order valence-electron chi connectivity index (χ0n) is 3.51. The van der Waals surface area contributed by atoms with Crippen molar-refractivity contribution in [3.8, 4) is 0 Å². The van der Waals surface area contributed by atoms with Crippen LogP contribution in [0.5, 0.6) is 0 Å². The smallest absolute Gasteiger partial charge is 0.0825 e. The van der Waals surface area contributed by atoms with E-state index in [1.807, 2.05) is 9.47 Å². The molecular weight excluding hydrogens is 103 g/mol. The van der Waals surface area contributed by atoms with Gasteiger partial charge in [-0.25, -0.2) is 4.89 Å². The van der Waals surface area contributed by atoms with Crippen LogP contribution in [0, 0.1) is 0 Å². The van der Waals surface area contributed by atoms with Crippen LogP contribution in [0.1, 0.15) is 6.92 Å². The highest BCUT2D eigenvalue weighted by Crippen LogP contribution is 1.85. The Kier molecular flexibility index (Phi) is 5.58. The molecule has 6 heavy (non-hydrogen) atoms. The zero-order chi connectivity index (χ0) is 4.83. The molecule has 4 heteroatoms. The first-order valence-electron chi connectivity index (χ1n) is 1.56. The van der Waals surface area contributed by atoms with E-state index in [-0.39, 0.29) is 0 Å². The van der Waals surface area contributed by atoms with Crippen molar-refractivity contribution in [3.63, 3.8) is 0 Å². The summed E-state index contributed by atoms with van der Waals surface area (Å²) in [5.74, 6) is 0. The highest BCUT2D eigenvalue weighted by Gasteiger charge is 1.72. The predicted molar refractivity (Wildman–Crippen MR) is 23.5 cm³/mol. The fraction of sp³-hybridized carbons (Fsp3) is 1.00. The van der Waals surface area contributed by atoms with Crippen LogP contribution in [0.25, 0.3) is 0 Å². The van der Waals surface area contributed by atoms with Crippen LogP contribution < -0.4 is 0 Å². The van der Waals surface area contributed by atoms with Gasteiger partial charge in [-0.05, 0) is 6.92 Å². The quantitative estimate of drug-likeness (QED) is 0.231. The fourth-order valence-electron chi connectivity index (χ4n) is 0.0759. The SMILES string of the molecule is CCOOOP. The molecule has 0 amide bonds. The largest absolute Gasteiger partial charge is 0.206 e. The molecule has 0 heterocycles. The molecule has 0 aliphatic carbocycles. The molecule has 0 saturated heterocycles. The molecule has 0 N–H and O–H groups in total. The van der Waals surface area contributed by atoms with Crippen LogP contribution in [0.15, 0.2) is 0 Å². The first-order chi connectivity index (χ1) is 2.91. The molecule has 0 spiro atoms. The average Bonchev–Trinajstić information content (AvgIpc) is 1.61. The van der Waals surface area contributed by atoms with E-state index in [0.717, 1.165) is 0 Å². The summed E-state index contributed by atoms with van der Waals surface area (Å²) >= 11 is 0. The van der Waals surface area contributed by atoms with Gasteiger partial charge in [-0.3, -0.25) is 0 Å². The second-order valence-corrected chi connectivity index (χ2v) is 0.763. The number of rotatable bonds is 3. The third-order valence-electron chi connectivity index (χ3n) is 0.205. The van der Waals surface area contributed by atoms with Crippen LogP contribution in [0.3, 0.4) is 0 Å². The van der Waals surface area contributed by atoms with Crippen molar-refractivity contribution in [2.75, 3.05) is 6.61 Å². The Morgan fingerprint density at radius 3 is 2.50 bits per heavy atom. The minimum Gasteiger partial charge on any atom is -0.206 e. The van der Waals surface area contributed by atoms with Crippen molar-refractivity contribution < 1.29 is 14.6 Å². The van der Waals surface area contributed by atoms with E-state index in [1.54, 1.807) is 6.92 Å². The first kappa shape index (κ1) is 6.31. The summed E-state index contributed by atoms with van der Waals surface area (Å²) in [6.45, 7) is 2.29. The van der Waals surface area contributed by atoms with Crippen molar-refractivity contribution in [2.45, 2.75) is 6.92 Å². The molecule has 1 atom stereocenters. The molecule has 0 aliphatic rings. The van der Waals surface area contributed by atoms with Crippen molar-refractivity contribution in [1.82, 2.24) is 0 Å². The molecule has 0 aromatic rings. The summed E-state index contributed by atoms with van der Waals surface area (Å²) in [4.78, 5) is 4.24. The maximum atomic E-state index is 4.24. The molecule has 0 aliphatic heterocycles. The zero-order valence-corrected chi connectivity index (χ0v) is 4.66. The first-order valence-corrected chi connectivity index (χ1v) is 2.04. The molecule has 0 bridgehead atoms. The minimum absolute atomic E-state index is 0.494. The maximum Gasteiger partial charge on any atom is 0.0825 e. The Morgan fingerprint density at radius 2 is 2.33 bits per heavy atom. The Labute approximate surface area is 38.7 Å². The van der Waals surface area contributed by atoms with Gasteiger partial charge in [0.1, 0.15) is 0 Å². The average molecular weight is 110 g/mol. The van der Waals surface area contributed by atoms with Gasteiger partial charge in [0.05, 0.1) is 6.61 Å². The summed E-state index contributed by atoms with van der Waals surface area (Å²) in [6.07, 6.45) is 0. The van der Waals surface area contributed by atoms with Gasteiger partial charge in [0.2, 0.25) is 0 Å². The highest BCUT2D eigenvalue weighted by molar-refractivity contribution is 7.09. The van der Waals surface area contributed by atoms with E-state index in [0.29, 0.717) is 6.61 Å². The van der Waals surface area contributed by atoms with Crippen molar-refractivity contribution in [1.29, 1.82) is 0 Å². The lowest BCUT2D eigenvalue weighted by atomic mass is 10.9. The Bertz CT molecular complexity index is 20.8. The van der Waals surface area contributed by atoms with Crippen LogP contribution in [-0.4, -0.2) is 6.61 Å². The number of hydrogen-bond acceptors (Lipinski definition) is 3. The van der Waals surface area contributed by atoms with E-state index in [4.69, 9.17) is 0 Å². The lowest BCUT2D eigenvalue weighted by Gasteiger charge is -1.90. The summed E-state index contributed by atoms with van der Waals surface area (Å²) < 4.78 is 3.98. The molecule has 0 fully saturated rings. The lowest BCUT2D eigenvalue weighted by molar-refractivity contribution is -0.459. The van der Waals surface area contributed by atoms with Gasteiger partial charge in [0, 0.05) is 9.47 Å².